The lowest BCUT2D eigenvalue weighted by molar-refractivity contribution is 0.0734. The molecule has 1 aliphatic rings. The van der Waals surface area contributed by atoms with Crippen molar-refractivity contribution < 1.29 is 23.2 Å². The number of hydrogen-bond donors (Lipinski definition) is 1. The summed E-state index contributed by atoms with van der Waals surface area (Å²) < 4.78 is 19.0. The van der Waals surface area contributed by atoms with Crippen LogP contribution in [-0.4, -0.2) is 44.4 Å². The van der Waals surface area contributed by atoms with Crippen molar-refractivity contribution in [1.29, 1.82) is 0 Å². The van der Waals surface area contributed by atoms with E-state index in [1.807, 2.05) is 0 Å². The zero-order valence-corrected chi connectivity index (χ0v) is 22.8. The lowest BCUT2D eigenvalue weighted by Crippen LogP contribution is -2.46. The highest BCUT2D eigenvalue weighted by molar-refractivity contribution is 7.63. The number of phosphoric acid groups is 1. The molecule has 0 aromatic rings. The van der Waals surface area contributed by atoms with E-state index in [9.17, 15) is 9.67 Å². The van der Waals surface area contributed by atoms with Crippen LogP contribution in [0.1, 0.15) is 0 Å². The van der Waals surface area contributed by atoms with E-state index in [1.54, 1.807) is 0 Å². The summed E-state index contributed by atoms with van der Waals surface area (Å²) in [6, 6.07) is 0. The molecule has 0 saturated carbocycles. The first-order chi connectivity index (χ1) is 11.7. The van der Waals surface area contributed by atoms with E-state index < -0.39 is 55.1 Å². The summed E-state index contributed by atoms with van der Waals surface area (Å²) in [6.45, 7) is -0.765. The normalized spacial score (nSPS) is 32.4. The van der Waals surface area contributed by atoms with Crippen molar-refractivity contribution in [2.75, 3.05) is 6.61 Å². The summed E-state index contributed by atoms with van der Waals surface area (Å²) in [5, 5.41) is 10.4. The summed E-state index contributed by atoms with van der Waals surface area (Å²) in [5.41, 5.74) is 0. The van der Waals surface area contributed by atoms with Crippen molar-refractivity contribution in [1.82, 2.24) is 0 Å². The van der Waals surface area contributed by atoms with Gasteiger partial charge < -0.3 is 5.11 Å². The second kappa shape index (κ2) is 10.1. The van der Waals surface area contributed by atoms with Crippen molar-refractivity contribution in [3.05, 3.63) is 0 Å². The smallest absolute Gasteiger partial charge is 0.384 e. The molecule has 5 nitrogen and oxygen atoms in total. The third-order valence-corrected chi connectivity index (χ3v) is 10.8. The monoisotopic (exact) mass is 664 g/mol. The molecular formula is C8H6Cl12O5P2. The molecule has 1 saturated heterocycles. The van der Waals surface area contributed by atoms with E-state index in [4.69, 9.17) is 153 Å². The van der Waals surface area contributed by atoms with Crippen LogP contribution in [0.2, 0.25) is 0 Å². The van der Waals surface area contributed by atoms with Gasteiger partial charge in [0.1, 0.15) is 24.1 Å². The maximum atomic E-state index is 12.8. The molecule has 0 amide bonds. The molecule has 0 radical (unpaired) electrons. The Bertz CT molecular complexity index is 540. The number of aliphatic hydroxyl groups is 1. The van der Waals surface area contributed by atoms with Crippen LogP contribution in [0.3, 0.4) is 0 Å². The molecule has 162 valence electrons. The first kappa shape index (κ1) is 29.0. The average molecular weight is 670 g/mol. The number of rotatable bonds is 3. The van der Waals surface area contributed by atoms with Crippen molar-refractivity contribution in [2.45, 2.75) is 32.7 Å². The maximum absolute atomic E-state index is 12.8. The van der Waals surface area contributed by atoms with Gasteiger partial charge in [0.15, 0.2) is 0 Å². The lowest BCUT2D eigenvalue weighted by atomic mass is 10.8. The Labute approximate surface area is 215 Å². The third-order valence-electron chi connectivity index (χ3n) is 2.52. The molecule has 0 aromatic heterocycles. The SMILES string of the molecule is O=P1(OCC(Cl)(Cl)Cl)OC(C(Cl)(Cl)Cl)P(C(O)C(Cl)(Cl)Cl)C(C(Cl)(Cl)Cl)O1. The van der Waals surface area contributed by atoms with E-state index in [-0.39, 0.29) is 0 Å². The Morgan fingerprint density at radius 3 is 1.52 bits per heavy atom. The topological polar surface area (TPSA) is 65.0 Å². The van der Waals surface area contributed by atoms with E-state index >= 15 is 0 Å². The summed E-state index contributed by atoms with van der Waals surface area (Å²) in [4.78, 5) is 0. The predicted molar refractivity (Wildman–Crippen MR) is 117 cm³/mol. The Kier molecular flexibility index (Phi) is 10.8. The average Bonchev–Trinajstić information content (AvgIpc) is 2.40. The molecule has 1 fully saturated rings. The van der Waals surface area contributed by atoms with Crippen LogP contribution < -0.4 is 0 Å². The highest BCUT2D eigenvalue weighted by Crippen LogP contribution is 2.75. The fraction of sp³-hybridized carbons (Fsp3) is 1.00. The molecule has 0 aliphatic carbocycles. The second-order valence-corrected chi connectivity index (χ2v) is 18.2. The highest BCUT2D eigenvalue weighted by atomic mass is 35.6. The fourth-order valence-corrected chi connectivity index (χ4v) is 10.3. The largest absolute Gasteiger partial charge is 0.476 e. The van der Waals surface area contributed by atoms with Crippen LogP contribution in [0.4, 0.5) is 0 Å². The molecule has 1 aliphatic heterocycles. The van der Waals surface area contributed by atoms with Gasteiger partial charge in [-0.05, 0) is 7.92 Å². The van der Waals surface area contributed by atoms with Crippen LogP contribution in [0.25, 0.3) is 0 Å². The minimum atomic E-state index is -4.63. The Morgan fingerprint density at radius 1 is 0.889 bits per heavy atom. The van der Waals surface area contributed by atoms with Crippen LogP contribution in [0.5, 0.6) is 0 Å². The number of halogens is 12. The Morgan fingerprint density at radius 2 is 1.26 bits per heavy atom. The molecule has 1 heterocycles. The zero-order chi connectivity index (χ0) is 21.6. The summed E-state index contributed by atoms with van der Waals surface area (Å²) in [6.07, 6.45) is 0. The van der Waals surface area contributed by atoms with Gasteiger partial charge in [0.25, 0.3) is 0 Å². The molecule has 0 spiro atoms. The van der Waals surface area contributed by atoms with Gasteiger partial charge in [0.05, 0.1) is 0 Å². The van der Waals surface area contributed by atoms with E-state index in [0.717, 1.165) is 0 Å². The van der Waals surface area contributed by atoms with Gasteiger partial charge in [-0.3, -0.25) is 13.6 Å². The number of phosphoric ester groups is 1. The molecule has 3 unspecified atom stereocenters. The van der Waals surface area contributed by atoms with Gasteiger partial charge in [0, 0.05) is 0 Å². The van der Waals surface area contributed by atoms with E-state index in [0.29, 0.717) is 0 Å². The quantitative estimate of drug-likeness (QED) is 0.243. The molecular weight excluding hydrogens is 663 g/mol. The molecule has 0 bridgehead atoms. The van der Waals surface area contributed by atoms with Crippen molar-refractivity contribution >= 4 is 155 Å². The molecule has 19 heteroatoms. The Hall–Kier alpha value is 3.98. The first-order valence-electron chi connectivity index (χ1n) is 6.01. The van der Waals surface area contributed by atoms with Crippen molar-refractivity contribution in [2.24, 2.45) is 0 Å². The molecule has 3 atom stereocenters. The van der Waals surface area contributed by atoms with Gasteiger partial charge >= 0.3 is 7.82 Å². The lowest BCUT2D eigenvalue weighted by Gasteiger charge is -2.47. The fourth-order valence-electron chi connectivity index (χ4n) is 1.60. The maximum Gasteiger partial charge on any atom is 0.476 e. The molecule has 1 N–H and O–H groups in total. The van der Waals surface area contributed by atoms with Gasteiger partial charge in [0.2, 0.25) is 15.2 Å². The predicted octanol–water partition coefficient (Wildman–Crippen LogP) is 8.09. The molecule has 0 aromatic carbocycles. The van der Waals surface area contributed by atoms with E-state index in [2.05, 4.69) is 0 Å². The minimum absolute atomic E-state index is 0.765. The summed E-state index contributed by atoms with van der Waals surface area (Å²) >= 11 is 69.0. The van der Waals surface area contributed by atoms with Gasteiger partial charge in [-0.25, -0.2) is 4.57 Å². The van der Waals surface area contributed by atoms with Crippen LogP contribution in [-0.2, 0) is 18.1 Å². The van der Waals surface area contributed by atoms with Crippen molar-refractivity contribution in [3.63, 3.8) is 0 Å². The second-order valence-electron chi connectivity index (χ2n) is 4.70. The molecule has 27 heavy (non-hydrogen) atoms. The Balaban J connectivity index is 3.41. The number of alkyl halides is 12. The van der Waals surface area contributed by atoms with E-state index in [1.165, 1.54) is 0 Å². The first-order valence-corrected chi connectivity index (χ1v) is 13.6. The van der Waals surface area contributed by atoms with Gasteiger partial charge in [-0.1, -0.05) is 139 Å². The standard InChI is InChI=1S/C8H6Cl12O5P2/c9-5(10,11)1-23-27(22)24-3(7(15,16)17)26(2(21)6(12,13)14)4(25-27)8(18,19)20/h2-4,21H,1H2. The van der Waals surface area contributed by atoms with Crippen LogP contribution in [0, 0.1) is 0 Å². The van der Waals surface area contributed by atoms with Crippen LogP contribution in [0.15, 0.2) is 0 Å². The molecule has 1 rings (SSSR count). The zero-order valence-electron chi connectivity index (χ0n) is 11.9. The number of hydrogen-bond acceptors (Lipinski definition) is 5. The summed E-state index contributed by atoms with van der Waals surface area (Å²) in [7, 11) is -7.08. The third kappa shape index (κ3) is 9.03. The highest BCUT2D eigenvalue weighted by Gasteiger charge is 2.63. The van der Waals surface area contributed by atoms with Gasteiger partial charge in [-0.15, -0.1) is 0 Å². The number of aliphatic hydroxyl groups excluding tert-OH is 1. The van der Waals surface area contributed by atoms with Crippen molar-refractivity contribution in [3.8, 4) is 0 Å². The summed E-state index contributed by atoms with van der Waals surface area (Å²) in [5.74, 6) is -5.38. The van der Waals surface area contributed by atoms with Gasteiger partial charge in [-0.2, -0.15) is 0 Å². The minimum Gasteiger partial charge on any atom is -0.384 e. The van der Waals surface area contributed by atoms with Crippen LogP contribution >= 0.6 is 155 Å².